The van der Waals surface area contributed by atoms with E-state index >= 15 is 0 Å². The lowest BCUT2D eigenvalue weighted by Gasteiger charge is -2.32. The number of nitrogens with one attached hydrogen (secondary N) is 3. The zero-order chi connectivity index (χ0) is 78.9. The average molecular weight is 1590 g/mol. The molecule has 7 aliphatic heterocycles. The number of urea groups is 1. The van der Waals surface area contributed by atoms with Gasteiger partial charge in [-0.15, -0.1) is 0 Å². The summed E-state index contributed by atoms with van der Waals surface area (Å²) in [6.07, 6.45) is 25.5. The topological polar surface area (TPSA) is 151 Å². The number of benzene rings is 7. The Labute approximate surface area is 681 Å². The summed E-state index contributed by atoms with van der Waals surface area (Å²) < 4.78 is 17.2. The molecule has 2 saturated carbocycles. The van der Waals surface area contributed by atoms with Gasteiger partial charge in [-0.1, -0.05) is 178 Å². The van der Waals surface area contributed by atoms with Crippen molar-refractivity contribution in [1.29, 1.82) is 0 Å². The Morgan fingerprint density at radius 3 is 1.27 bits per heavy atom. The molecule has 4 atom stereocenters. The summed E-state index contributed by atoms with van der Waals surface area (Å²) in [6.45, 7) is 25.6. The molecule has 16 rings (SSSR count). The van der Waals surface area contributed by atoms with Crippen molar-refractivity contribution in [2.45, 2.75) is 186 Å². The van der Waals surface area contributed by atoms with Gasteiger partial charge in [0, 0.05) is 124 Å². The van der Waals surface area contributed by atoms with Crippen LogP contribution in [0.1, 0.15) is 189 Å². The van der Waals surface area contributed by atoms with Crippen LogP contribution in [0.4, 0.5) is 36.2 Å². The van der Waals surface area contributed by atoms with E-state index in [-0.39, 0.29) is 30.4 Å². The maximum atomic E-state index is 12.7. The van der Waals surface area contributed by atoms with Gasteiger partial charge in [0.15, 0.2) is 0 Å². The normalized spacial score (nSPS) is 20.1. The highest BCUT2D eigenvalue weighted by atomic mass is 79.9. The molecule has 17 heteroatoms. The number of likely N-dealkylation sites (tertiary alicyclic amines) is 3. The lowest BCUT2D eigenvalue weighted by Crippen LogP contribution is -2.45. The van der Waals surface area contributed by atoms with E-state index in [9.17, 15) is 19.2 Å². The Morgan fingerprint density at radius 2 is 0.832 bits per heavy atom. The maximum absolute atomic E-state index is 12.7. The number of nitrogens with zero attached hydrogens (tertiary/aromatic N) is 6. The van der Waals surface area contributed by atoms with Gasteiger partial charge in [-0.2, -0.15) is 0 Å². The molecule has 3 N–H and O–H groups in total. The van der Waals surface area contributed by atoms with E-state index in [1.54, 1.807) is 22.6 Å². The van der Waals surface area contributed by atoms with Crippen molar-refractivity contribution >= 4 is 75.5 Å². The zero-order valence-electron chi connectivity index (χ0n) is 67.9. The van der Waals surface area contributed by atoms with E-state index in [0.717, 1.165) is 115 Å². The first kappa shape index (κ1) is 83.1. The molecule has 7 heterocycles. The fraction of sp³-hybridized carbons (Fsp3) is 0.458. The largest absolute Gasteiger partial charge is 0.444 e. The molecule has 5 amide bonds. The van der Waals surface area contributed by atoms with Gasteiger partial charge in [-0.25, -0.2) is 19.2 Å². The lowest BCUT2D eigenvalue weighted by molar-refractivity contribution is 0.0226. The van der Waals surface area contributed by atoms with Crippen LogP contribution >= 0.6 is 15.9 Å². The van der Waals surface area contributed by atoms with Crippen LogP contribution in [0.15, 0.2) is 209 Å². The second-order valence-corrected chi connectivity index (χ2v) is 34.7. The Bertz CT molecular complexity index is 4260. The quantitative estimate of drug-likeness (QED) is 0.101. The molecule has 4 unspecified atom stereocenters. The zero-order valence-corrected chi connectivity index (χ0v) is 69.4. The first-order chi connectivity index (χ1) is 54.7. The summed E-state index contributed by atoms with van der Waals surface area (Å²) in [7, 11) is 0. The van der Waals surface area contributed by atoms with E-state index < -0.39 is 11.2 Å². The molecule has 0 spiro atoms. The van der Waals surface area contributed by atoms with Crippen LogP contribution in [-0.2, 0) is 15.9 Å². The molecule has 113 heavy (non-hydrogen) atoms. The van der Waals surface area contributed by atoms with Crippen molar-refractivity contribution in [1.82, 2.24) is 30.7 Å². The van der Waals surface area contributed by atoms with Gasteiger partial charge >= 0.3 is 24.3 Å². The summed E-state index contributed by atoms with van der Waals surface area (Å²) >= 11 is 3.48. The molecule has 600 valence electrons. The number of rotatable bonds is 13. The molecule has 0 radical (unpaired) electrons. The van der Waals surface area contributed by atoms with E-state index in [1.807, 2.05) is 106 Å². The summed E-state index contributed by atoms with van der Waals surface area (Å²) in [5, 5.41) is 9.55. The molecule has 7 saturated heterocycles. The van der Waals surface area contributed by atoms with Gasteiger partial charge in [-0.05, 0) is 264 Å². The number of halogens is 1. The minimum atomic E-state index is -0.427. The van der Waals surface area contributed by atoms with Crippen LogP contribution in [0.25, 0.3) is 18.2 Å². The molecule has 7 aromatic carbocycles. The van der Waals surface area contributed by atoms with Crippen molar-refractivity contribution < 1.29 is 33.4 Å². The predicted molar refractivity (Wildman–Crippen MR) is 465 cm³/mol. The molecular weight excluding hydrogens is 1470 g/mol. The van der Waals surface area contributed by atoms with Crippen LogP contribution in [0.5, 0.6) is 5.75 Å². The minimum absolute atomic E-state index is 0.132. The fourth-order valence-electron chi connectivity index (χ4n) is 16.1. The van der Waals surface area contributed by atoms with Gasteiger partial charge < -0.3 is 59.6 Å². The third-order valence-electron chi connectivity index (χ3n) is 22.4. The molecule has 9 fully saturated rings. The Kier molecular flexibility index (Phi) is 30.2. The van der Waals surface area contributed by atoms with Crippen LogP contribution in [0.3, 0.4) is 0 Å². The highest BCUT2D eigenvalue weighted by Crippen LogP contribution is 2.42. The van der Waals surface area contributed by atoms with Crippen molar-refractivity contribution in [2.24, 2.45) is 5.92 Å². The van der Waals surface area contributed by atoms with E-state index in [2.05, 4.69) is 186 Å². The smallest absolute Gasteiger partial charge is 0.412 e. The number of anilines is 3. The van der Waals surface area contributed by atoms with E-state index in [4.69, 9.17) is 14.2 Å². The molecular formula is C96H122BrN9O7. The maximum Gasteiger partial charge on any atom is 0.412 e. The molecule has 7 aromatic rings. The number of amides is 5. The third kappa shape index (κ3) is 27.2. The Balaban J connectivity index is 0.000000133. The first-order valence-electron chi connectivity index (χ1n) is 42.0. The standard InChI is InChI=1S/C26H33N3O.C21H30N2O2.C17H22BrNO2.C16H22N2.C16H15NO2/c30-26(27-25-19-24(25)22-8-2-1-3-9-22)29-15-11-20(12-16-29)17-21-7-6-10-23(18-21)28-13-4-5-14-28;1-21(2,3)25-20(24)23-13-9-17(10-14-23)15-18-7-6-8-19(16-18)22-11-4-5-12-22;1-17(2,3)21-16(20)19-9-7-13(8-10-19)11-14-5-4-6-15(18)12-14;1-2-11-18(10-1)16-5-3-4-15(13-16)12-14-6-8-17-9-7-14;18-16(19-13-9-5-2-6-10-13)17-15-11-14(15)12-7-3-1-4-8-12/h1-3,6-10,18,20,24-25H,4-5,11-17,19H2,(H,27,30);6-8,15-16H,4-5,9-14H2,1-3H3;4-6,11-12H,7-10H2,1-3H3;3-5,12-13,17H,1-2,6-11H2;1-10,14-15H,11H2,(H,17,18). The second kappa shape index (κ2) is 41.1. The second-order valence-electron chi connectivity index (χ2n) is 33.7. The van der Waals surface area contributed by atoms with Gasteiger partial charge in [0.05, 0.1) is 0 Å². The summed E-state index contributed by atoms with van der Waals surface area (Å²) in [5.41, 5.74) is 15.6. The molecule has 2 aliphatic carbocycles. The van der Waals surface area contributed by atoms with Crippen molar-refractivity contribution in [3.63, 3.8) is 0 Å². The highest BCUT2D eigenvalue weighted by molar-refractivity contribution is 9.10. The van der Waals surface area contributed by atoms with Crippen LogP contribution in [0.2, 0.25) is 0 Å². The van der Waals surface area contributed by atoms with Crippen LogP contribution in [-0.4, -0.2) is 154 Å². The Hall–Kier alpha value is -9.32. The monoisotopic (exact) mass is 1590 g/mol. The molecule has 0 bridgehead atoms. The van der Waals surface area contributed by atoms with Crippen molar-refractivity contribution in [3.8, 4) is 5.75 Å². The van der Waals surface area contributed by atoms with Gasteiger partial charge in [0.1, 0.15) is 17.0 Å². The summed E-state index contributed by atoms with van der Waals surface area (Å²) in [6, 6.07) is 65.7. The number of carbonyl (C=O) groups is 4. The SMILES string of the molecule is C(=C1CCNCC1)c1cccc(N2CCCC2)c1.CC(C)(C)OC(=O)N1CCC(=Cc2cccc(Br)c2)CC1.CC(C)(C)OC(=O)N1CCC(=Cc2cccc(N3CCCC3)c2)CC1.O=C(NC1CC1c1ccccc1)N1CCC(Cc2cccc(N3CCCC3)c2)CC1.O=C(NC1CC1c1ccccc1)Oc1ccccc1. The van der Waals surface area contributed by atoms with E-state index in [0.29, 0.717) is 29.5 Å². The minimum Gasteiger partial charge on any atom is -0.444 e. The number of hydrogen-bond donors (Lipinski definition) is 3. The number of carbonyl (C=O) groups excluding carboxylic acids is 4. The molecule has 16 nitrogen and oxygen atoms in total. The highest BCUT2D eigenvalue weighted by Gasteiger charge is 2.41. The fourth-order valence-corrected chi connectivity index (χ4v) is 16.5. The molecule has 0 aromatic heterocycles. The van der Waals surface area contributed by atoms with E-state index in [1.165, 1.54) is 152 Å². The van der Waals surface area contributed by atoms with Gasteiger partial charge in [0.2, 0.25) is 0 Å². The van der Waals surface area contributed by atoms with Crippen molar-refractivity contribution in [2.75, 3.05) is 106 Å². The van der Waals surface area contributed by atoms with Crippen molar-refractivity contribution in [3.05, 3.63) is 243 Å². The lowest BCUT2D eigenvalue weighted by atomic mass is 9.90. The first-order valence-corrected chi connectivity index (χ1v) is 42.8. The number of piperidine rings is 4. The Morgan fingerprint density at radius 1 is 0.434 bits per heavy atom. The summed E-state index contributed by atoms with van der Waals surface area (Å²) in [4.78, 5) is 61.7. The predicted octanol–water partition coefficient (Wildman–Crippen LogP) is 20.8. The van der Waals surface area contributed by atoms with Gasteiger partial charge in [-0.3, -0.25) is 0 Å². The van der Waals surface area contributed by atoms with Crippen LogP contribution in [0, 0.1) is 5.92 Å². The van der Waals surface area contributed by atoms with Crippen LogP contribution < -0.4 is 35.4 Å². The average Bonchev–Trinajstić information content (AvgIpc) is 1.65. The number of ether oxygens (including phenoxy) is 3. The van der Waals surface area contributed by atoms with Gasteiger partial charge in [0.25, 0.3) is 0 Å². The summed E-state index contributed by atoms with van der Waals surface area (Å²) in [5.74, 6) is 2.16. The number of para-hydroxylation sites is 1. The third-order valence-corrected chi connectivity index (χ3v) is 22.9. The number of hydrogen-bond acceptors (Lipinski definition) is 11. The molecule has 9 aliphatic rings.